The monoisotopic (exact) mass is 464 g/mol. The third-order valence-electron chi connectivity index (χ3n) is 6.43. The summed E-state index contributed by atoms with van der Waals surface area (Å²) < 4.78 is 8.43. The molecule has 4 aromatic rings. The van der Waals surface area contributed by atoms with E-state index in [1.165, 1.54) is 7.11 Å². The molecule has 0 aliphatic carbocycles. The quantitative estimate of drug-likeness (QED) is 0.469. The highest BCUT2D eigenvalue weighted by Crippen LogP contribution is 2.27. The molecule has 0 saturated carbocycles. The lowest BCUT2D eigenvalue weighted by Crippen LogP contribution is -2.41. The minimum atomic E-state index is -0.420. The van der Waals surface area contributed by atoms with E-state index in [2.05, 4.69) is 4.98 Å². The van der Waals surface area contributed by atoms with Crippen LogP contribution in [-0.2, 0) is 11.3 Å². The van der Waals surface area contributed by atoms with Crippen LogP contribution < -0.4 is 11.0 Å². The maximum atomic E-state index is 13.7. The van der Waals surface area contributed by atoms with Crippen LogP contribution in [0.2, 0.25) is 0 Å². The minimum absolute atomic E-state index is 0.00620. The van der Waals surface area contributed by atoms with Crippen molar-refractivity contribution in [1.82, 2.24) is 19.0 Å². The van der Waals surface area contributed by atoms with Crippen molar-refractivity contribution in [3.8, 4) is 0 Å². The number of likely N-dealkylation sites (tertiary alicyclic amines) is 1. The minimum Gasteiger partial charge on any atom is -0.453 e. The van der Waals surface area contributed by atoms with E-state index in [1.54, 1.807) is 15.7 Å². The second kappa shape index (κ2) is 8.96. The molecule has 9 heteroatoms. The molecule has 5 rings (SSSR count). The molecule has 2 aromatic heterocycles. The number of amides is 1. The number of aromatic nitrogens is 3. The van der Waals surface area contributed by atoms with Gasteiger partial charge in [0.25, 0.3) is 0 Å². The predicted octanol–water partition coefficient (Wildman–Crippen LogP) is 3.01. The number of ether oxygens (including phenoxy) is 1. The number of pyridine rings is 1. The van der Waals surface area contributed by atoms with Gasteiger partial charge in [-0.3, -0.25) is 14.1 Å². The summed E-state index contributed by atoms with van der Waals surface area (Å²) in [5.41, 5.74) is 2.29. The Morgan fingerprint density at radius 2 is 1.82 bits per heavy atom. The van der Waals surface area contributed by atoms with Crippen LogP contribution in [0.1, 0.15) is 24.6 Å². The number of hydrogen-bond donors (Lipinski definition) is 1. The van der Waals surface area contributed by atoms with Gasteiger partial charge in [0.1, 0.15) is 0 Å². The van der Waals surface area contributed by atoms with Gasteiger partial charge in [-0.1, -0.05) is 36.4 Å². The average molecular weight is 464 g/mol. The predicted molar refractivity (Wildman–Crippen MR) is 129 cm³/mol. The summed E-state index contributed by atoms with van der Waals surface area (Å²) in [6, 6.07) is 15.6. The van der Waals surface area contributed by atoms with E-state index >= 15 is 0 Å². The number of imidazole rings is 1. The van der Waals surface area contributed by atoms with Gasteiger partial charge < -0.3 is 14.5 Å². The van der Waals surface area contributed by atoms with Crippen LogP contribution in [0.3, 0.4) is 0 Å². The zero-order valence-corrected chi connectivity index (χ0v) is 19.3. The van der Waals surface area contributed by atoms with Crippen molar-refractivity contribution in [3.05, 3.63) is 70.9 Å². The summed E-state index contributed by atoms with van der Waals surface area (Å²) >= 11 is 0. The molecule has 170 valence electrons. The van der Waals surface area contributed by atoms with Gasteiger partial charge in [0.05, 0.1) is 30.4 Å². The SMILES string of the molecule is COC(=O)N1CCC(n2c(=O)n(Cc3ncc4ccccc4c3PO)c3ccccc32)CC1. The number of piperidine rings is 1. The molecular formula is C24H25N4O4P. The standard InChI is InChI=1S/C24H25N4O4P/c1-32-24(30)26-12-10-17(11-13-26)28-21-9-5-4-8-20(21)27(23(28)29)15-19-22(33-31)18-7-3-2-6-16(18)14-25-19/h2-9,14,17,31,33H,10-13,15H2,1H3. The molecule has 33 heavy (non-hydrogen) atoms. The van der Waals surface area contributed by atoms with Crippen LogP contribution in [-0.4, -0.2) is 50.2 Å². The van der Waals surface area contributed by atoms with Crippen molar-refractivity contribution >= 4 is 42.0 Å². The van der Waals surface area contributed by atoms with E-state index in [9.17, 15) is 14.5 Å². The first-order chi connectivity index (χ1) is 16.1. The number of fused-ring (bicyclic) bond motifs is 2. The summed E-state index contributed by atoms with van der Waals surface area (Å²) in [5.74, 6) is 0. The van der Waals surface area contributed by atoms with E-state index < -0.39 is 8.81 Å². The fraction of sp³-hybridized carbons (Fsp3) is 0.292. The molecule has 8 nitrogen and oxygen atoms in total. The Bertz CT molecular complexity index is 1390. The van der Waals surface area contributed by atoms with Gasteiger partial charge in [-0.25, -0.2) is 9.59 Å². The average Bonchev–Trinajstić information content (AvgIpc) is 3.14. The lowest BCUT2D eigenvalue weighted by atomic mass is 10.1. The fourth-order valence-electron chi connectivity index (χ4n) is 4.77. The van der Waals surface area contributed by atoms with E-state index in [1.807, 2.05) is 53.1 Å². The molecule has 1 amide bonds. The molecule has 0 bridgehead atoms. The third kappa shape index (κ3) is 3.79. The lowest BCUT2D eigenvalue weighted by Gasteiger charge is -2.31. The molecule has 1 saturated heterocycles. The molecule has 1 aliphatic rings. The van der Waals surface area contributed by atoms with Crippen LogP contribution in [0.4, 0.5) is 4.79 Å². The third-order valence-corrected chi connectivity index (χ3v) is 7.21. The van der Waals surface area contributed by atoms with Crippen LogP contribution in [0, 0.1) is 0 Å². The maximum absolute atomic E-state index is 13.7. The van der Waals surface area contributed by atoms with Crippen LogP contribution in [0.15, 0.2) is 59.5 Å². The molecule has 1 atom stereocenters. The van der Waals surface area contributed by atoms with Crippen molar-refractivity contribution in [3.63, 3.8) is 0 Å². The molecule has 0 radical (unpaired) electrons. The second-order valence-corrected chi connectivity index (χ2v) is 8.92. The highest BCUT2D eigenvalue weighted by molar-refractivity contribution is 7.41. The number of hydrogen-bond acceptors (Lipinski definition) is 5. The first kappa shape index (κ1) is 21.6. The zero-order chi connectivity index (χ0) is 22.9. The highest BCUT2D eigenvalue weighted by atomic mass is 31.1. The number of carbonyl (C=O) groups excluding carboxylic acids is 1. The molecule has 3 heterocycles. The van der Waals surface area contributed by atoms with Crippen LogP contribution >= 0.6 is 8.81 Å². The van der Waals surface area contributed by atoms with Gasteiger partial charge >= 0.3 is 11.8 Å². The lowest BCUT2D eigenvalue weighted by molar-refractivity contribution is 0.107. The number of methoxy groups -OCH3 is 1. The molecular weight excluding hydrogens is 439 g/mol. The Morgan fingerprint density at radius 1 is 1.12 bits per heavy atom. The Balaban J connectivity index is 1.55. The highest BCUT2D eigenvalue weighted by Gasteiger charge is 2.28. The van der Waals surface area contributed by atoms with Crippen molar-refractivity contribution in [2.24, 2.45) is 0 Å². The van der Waals surface area contributed by atoms with Gasteiger partial charge in [-0.15, -0.1) is 0 Å². The number of carbonyl (C=O) groups is 1. The van der Waals surface area contributed by atoms with E-state index in [4.69, 9.17) is 4.74 Å². The zero-order valence-electron chi connectivity index (χ0n) is 18.3. The summed E-state index contributed by atoms with van der Waals surface area (Å²) in [7, 11) is 0.963. The van der Waals surface area contributed by atoms with Crippen molar-refractivity contribution in [1.29, 1.82) is 0 Å². The second-order valence-electron chi connectivity index (χ2n) is 8.19. The van der Waals surface area contributed by atoms with E-state index in [0.717, 1.165) is 27.1 Å². The van der Waals surface area contributed by atoms with Gasteiger partial charge in [0.15, 0.2) is 0 Å². The Kier molecular flexibility index (Phi) is 5.87. The topological polar surface area (TPSA) is 89.6 Å². The fourth-order valence-corrected chi connectivity index (χ4v) is 5.39. The number of nitrogens with zero attached hydrogens (tertiary/aromatic N) is 4. The van der Waals surface area contributed by atoms with Gasteiger partial charge in [0.2, 0.25) is 0 Å². The van der Waals surface area contributed by atoms with Crippen molar-refractivity contribution in [2.75, 3.05) is 20.2 Å². The Labute approximate surface area is 192 Å². The summed E-state index contributed by atoms with van der Waals surface area (Å²) in [6.45, 7) is 1.37. The summed E-state index contributed by atoms with van der Waals surface area (Å²) in [5, 5.41) is 2.68. The Hall–Kier alpha value is -3.22. The normalized spacial score (nSPS) is 15.2. The molecule has 1 fully saturated rings. The summed E-state index contributed by atoms with van der Waals surface area (Å²) in [4.78, 5) is 41.9. The number of rotatable bonds is 4. The Morgan fingerprint density at radius 3 is 2.55 bits per heavy atom. The van der Waals surface area contributed by atoms with Gasteiger partial charge in [-0.05, 0) is 30.4 Å². The molecule has 1 unspecified atom stereocenters. The van der Waals surface area contributed by atoms with Crippen LogP contribution in [0.25, 0.3) is 21.8 Å². The van der Waals surface area contributed by atoms with Crippen molar-refractivity contribution in [2.45, 2.75) is 25.4 Å². The van der Waals surface area contributed by atoms with Gasteiger partial charge in [0, 0.05) is 44.8 Å². The largest absolute Gasteiger partial charge is 0.453 e. The van der Waals surface area contributed by atoms with E-state index in [0.29, 0.717) is 31.6 Å². The first-order valence-corrected chi connectivity index (χ1v) is 11.9. The number of para-hydroxylation sites is 2. The molecule has 0 spiro atoms. The maximum Gasteiger partial charge on any atom is 0.409 e. The van der Waals surface area contributed by atoms with Gasteiger partial charge in [-0.2, -0.15) is 0 Å². The molecule has 2 aromatic carbocycles. The smallest absolute Gasteiger partial charge is 0.409 e. The molecule has 1 aliphatic heterocycles. The number of benzene rings is 2. The molecule has 1 N–H and O–H groups in total. The summed E-state index contributed by atoms with van der Waals surface area (Å²) in [6.07, 6.45) is 2.82. The van der Waals surface area contributed by atoms with Crippen LogP contribution in [0.5, 0.6) is 0 Å². The van der Waals surface area contributed by atoms with E-state index in [-0.39, 0.29) is 24.4 Å². The first-order valence-electron chi connectivity index (χ1n) is 10.9. The van der Waals surface area contributed by atoms with Crippen molar-refractivity contribution < 1.29 is 14.4 Å².